The summed E-state index contributed by atoms with van der Waals surface area (Å²) >= 11 is 0. The second kappa shape index (κ2) is 28.5. The number of hydrogen-bond donors (Lipinski definition) is 0. The molecule has 18 heteroatoms. The van der Waals surface area contributed by atoms with Crippen molar-refractivity contribution in [1.29, 1.82) is 0 Å². The third kappa shape index (κ3) is 19.4. The number of aryl methyl sites for hydroxylation is 2. The highest BCUT2D eigenvalue weighted by Gasteiger charge is 2.57. The first-order valence-corrected chi connectivity index (χ1v) is 30.1. The van der Waals surface area contributed by atoms with E-state index >= 15 is 0 Å². The predicted molar refractivity (Wildman–Crippen MR) is 287 cm³/mol. The fourth-order valence-corrected chi connectivity index (χ4v) is 12.4. The third-order valence-corrected chi connectivity index (χ3v) is 19.0. The lowest BCUT2D eigenvalue weighted by Gasteiger charge is -2.59. The Bertz CT molecular complexity index is 2190. The van der Waals surface area contributed by atoms with E-state index in [-0.39, 0.29) is 35.1 Å². The molecule has 4 saturated carbocycles. The van der Waals surface area contributed by atoms with E-state index in [1.165, 1.54) is 80.9 Å². The summed E-state index contributed by atoms with van der Waals surface area (Å²) in [6, 6.07) is 4.67. The van der Waals surface area contributed by atoms with E-state index < -0.39 is 62.8 Å². The molecule has 4 bridgehead atoms. The van der Waals surface area contributed by atoms with Crippen LogP contribution in [0.3, 0.4) is 0 Å². The summed E-state index contributed by atoms with van der Waals surface area (Å²) in [6.07, 6.45) is 12.5. The molecule has 426 valence electrons. The van der Waals surface area contributed by atoms with Crippen molar-refractivity contribution in [2.45, 2.75) is 196 Å². The van der Waals surface area contributed by atoms with E-state index in [0.29, 0.717) is 61.6 Å². The summed E-state index contributed by atoms with van der Waals surface area (Å²) in [5, 5.41) is 0. The number of cyclic esters (lactones) is 2. The van der Waals surface area contributed by atoms with Gasteiger partial charge >= 0.3 is 35.8 Å². The monoisotopic (exact) mass is 1090 g/mol. The van der Waals surface area contributed by atoms with Crippen molar-refractivity contribution in [3.63, 3.8) is 0 Å². The van der Waals surface area contributed by atoms with Gasteiger partial charge in [-0.2, -0.15) is 0 Å². The van der Waals surface area contributed by atoms with Gasteiger partial charge in [-0.05, 0) is 187 Å². The first kappa shape index (κ1) is 65.1. The minimum absolute atomic E-state index is 0.0185. The van der Waals surface area contributed by atoms with E-state index in [0.717, 1.165) is 24.0 Å². The van der Waals surface area contributed by atoms with Crippen LogP contribution in [0.25, 0.3) is 0 Å². The van der Waals surface area contributed by atoms with E-state index in [2.05, 4.69) is 55.9 Å². The highest BCUT2D eigenvalue weighted by atomic mass is 32.2. The molecule has 2 atom stereocenters. The lowest BCUT2D eigenvalue weighted by Crippen LogP contribution is -2.58. The maximum absolute atomic E-state index is 12.5. The van der Waals surface area contributed by atoms with Gasteiger partial charge < -0.3 is 37.7 Å². The summed E-state index contributed by atoms with van der Waals surface area (Å²) in [5.41, 5.74) is 1.20. The van der Waals surface area contributed by atoms with Crippen LogP contribution in [0.1, 0.15) is 171 Å². The van der Waals surface area contributed by atoms with Gasteiger partial charge in [0.15, 0.2) is 4.90 Å². The van der Waals surface area contributed by atoms with Crippen LogP contribution in [0.4, 0.5) is 0 Å². The topological polar surface area (TPSA) is 224 Å². The molecule has 16 nitrogen and oxygen atoms in total. The van der Waals surface area contributed by atoms with Gasteiger partial charge in [-0.3, -0.25) is 14.4 Å². The molecule has 75 heavy (non-hydrogen) atoms. The number of hydrogen-bond acceptors (Lipinski definition) is 16. The summed E-state index contributed by atoms with van der Waals surface area (Å²) < 4.78 is 65.9. The number of carbonyl (C=O) groups is 6. The second-order valence-corrected chi connectivity index (χ2v) is 26.8. The molecule has 7 fully saturated rings. The SMILES string of the molecule is C=C(C)C(=O)OC1CCOC1=O.CCC(C)(C)C(=O)OC1(C)C2CC3CC(C2)CC1C3.CCC(C)(C)C(=O)OC1CCOC1=O.CCC(C)(C)C(=O)OCCS(=O)(=O)[O-].COc1c(C)cc([S+]2CCCCC2)cc1C. The smallest absolute Gasteiger partial charge is 0.347 e. The van der Waals surface area contributed by atoms with Crippen molar-refractivity contribution in [1.82, 2.24) is 0 Å². The van der Waals surface area contributed by atoms with Crippen LogP contribution < -0.4 is 4.74 Å². The Kier molecular flexibility index (Phi) is 24.7. The molecular formula is C57H90O16S2. The van der Waals surface area contributed by atoms with Gasteiger partial charge in [0.05, 0.1) is 52.4 Å². The van der Waals surface area contributed by atoms with Crippen molar-refractivity contribution in [2.24, 2.45) is 39.9 Å². The zero-order valence-corrected chi connectivity index (χ0v) is 49.2. The van der Waals surface area contributed by atoms with Gasteiger partial charge in [0.25, 0.3) is 0 Å². The molecule has 7 aliphatic rings. The molecular weight excluding hydrogens is 1000 g/mol. The molecule has 3 aliphatic heterocycles. The predicted octanol–water partition coefficient (Wildman–Crippen LogP) is 9.87. The van der Waals surface area contributed by atoms with Gasteiger partial charge in [0, 0.05) is 29.3 Å². The zero-order valence-electron chi connectivity index (χ0n) is 47.6. The largest absolute Gasteiger partial charge is 0.748 e. The number of ether oxygens (including phenoxy) is 7. The highest BCUT2D eigenvalue weighted by molar-refractivity contribution is 7.97. The molecule has 0 amide bonds. The van der Waals surface area contributed by atoms with Crippen LogP contribution >= 0.6 is 0 Å². The van der Waals surface area contributed by atoms with E-state index in [9.17, 15) is 41.7 Å². The Hall–Kier alpha value is -4.16. The molecule has 1 aromatic rings. The van der Waals surface area contributed by atoms with Gasteiger partial charge in [0.1, 0.15) is 29.5 Å². The fourth-order valence-electron chi connectivity index (χ4n) is 9.64. The van der Waals surface area contributed by atoms with Gasteiger partial charge in [-0.1, -0.05) is 27.4 Å². The summed E-state index contributed by atoms with van der Waals surface area (Å²) in [7, 11) is -2.03. The van der Waals surface area contributed by atoms with E-state index in [1.807, 2.05) is 27.7 Å². The molecule has 0 N–H and O–H groups in total. The van der Waals surface area contributed by atoms with E-state index in [4.69, 9.17) is 23.7 Å². The Morgan fingerprint density at radius 3 is 1.57 bits per heavy atom. The normalized spacial score (nSPS) is 24.9. The maximum atomic E-state index is 12.5. The standard InChI is InChI=1S/C17H28O2.C14H21OS.C10H16O4.C8H16O5S.C8H10O4/c1-5-16(2,3)15(18)19-17(4)13-7-11-6-12(9-13)10-14(17)8-11;1-11-9-13(10-12(2)14(11)15-3)16-7-5-4-6-8-16;1-4-10(2,3)9(12)14-7-5-6-13-8(7)11;1-4-8(2,3)7(9)13-5-6-14(10,11)12;1-5(2)7(9)12-6-3-4-11-8(6)10/h11-14H,5-10H2,1-4H3;9-10H,4-8H2,1-3H3;7H,4-6H2,1-3H3;4-6H2,1-3H3,(H,10,11,12);6H,1,3-4H2,2H3/q;+1;;;/p-1. The van der Waals surface area contributed by atoms with Crippen LogP contribution in [0.2, 0.25) is 0 Å². The zero-order chi connectivity index (χ0) is 56.7. The van der Waals surface area contributed by atoms with Crippen molar-refractivity contribution >= 4 is 56.8 Å². The van der Waals surface area contributed by atoms with Gasteiger partial charge in [-0.25, -0.2) is 22.8 Å². The summed E-state index contributed by atoms with van der Waals surface area (Å²) in [6.45, 7) is 28.6. The minimum atomic E-state index is -4.30. The van der Waals surface area contributed by atoms with E-state index in [1.54, 1.807) is 39.7 Å². The average Bonchev–Trinajstić information content (AvgIpc) is 3.96. The molecule has 8 rings (SSSR count). The number of carbonyl (C=O) groups excluding carboxylic acids is 6. The molecule has 0 radical (unpaired) electrons. The number of benzene rings is 1. The molecule has 4 aliphatic carbocycles. The Morgan fingerprint density at radius 1 is 0.733 bits per heavy atom. The molecule has 0 aromatic heterocycles. The molecule has 1 aromatic carbocycles. The molecule has 0 spiro atoms. The van der Waals surface area contributed by atoms with Crippen LogP contribution in [0.5, 0.6) is 5.75 Å². The van der Waals surface area contributed by atoms with Gasteiger partial charge in [-0.15, -0.1) is 0 Å². The number of rotatable bonds is 15. The Balaban J connectivity index is 0.000000250. The van der Waals surface area contributed by atoms with Crippen LogP contribution in [0, 0.1) is 53.8 Å². The van der Waals surface area contributed by atoms with Crippen LogP contribution in [-0.4, -0.2) is 111 Å². The van der Waals surface area contributed by atoms with Crippen molar-refractivity contribution in [2.75, 3.05) is 44.2 Å². The third-order valence-electron chi connectivity index (χ3n) is 15.8. The lowest BCUT2D eigenvalue weighted by molar-refractivity contribution is -0.211. The number of esters is 6. The highest BCUT2D eigenvalue weighted by Crippen LogP contribution is 2.59. The maximum Gasteiger partial charge on any atom is 0.347 e. The van der Waals surface area contributed by atoms with Crippen LogP contribution in [0.15, 0.2) is 29.2 Å². The molecule has 2 unspecified atom stereocenters. The molecule has 3 saturated heterocycles. The van der Waals surface area contributed by atoms with Crippen molar-refractivity contribution in [3.05, 3.63) is 35.4 Å². The second-order valence-electron chi connectivity index (χ2n) is 23.0. The average molecular weight is 1100 g/mol. The number of methoxy groups -OCH3 is 1. The van der Waals surface area contributed by atoms with Crippen LogP contribution in [-0.2, 0) is 78.2 Å². The van der Waals surface area contributed by atoms with Crippen molar-refractivity contribution < 1.29 is 74.9 Å². The Morgan fingerprint density at radius 2 is 1.17 bits per heavy atom. The quantitative estimate of drug-likeness (QED) is 0.0524. The first-order chi connectivity index (χ1) is 34.8. The van der Waals surface area contributed by atoms with Crippen molar-refractivity contribution in [3.8, 4) is 5.75 Å². The molecule has 3 heterocycles. The lowest BCUT2D eigenvalue weighted by atomic mass is 9.50. The summed E-state index contributed by atoms with van der Waals surface area (Å²) in [5.74, 6) is 4.05. The fraction of sp³-hybridized carbons (Fsp3) is 0.754. The minimum Gasteiger partial charge on any atom is -0.748 e. The first-order valence-electron chi connectivity index (χ1n) is 26.9. The Labute approximate surface area is 451 Å². The van der Waals surface area contributed by atoms with Gasteiger partial charge in [0.2, 0.25) is 12.2 Å². The summed E-state index contributed by atoms with van der Waals surface area (Å²) in [4.78, 5) is 69.6.